The van der Waals surface area contributed by atoms with Crippen molar-refractivity contribution in [2.24, 2.45) is 21.7 Å². The number of guanidine groups is 1. The zero-order valence-electron chi connectivity index (χ0n) is 31.1. The number of imide groups is 1. The maximum absolute atomic E-state index is 14.5. The summed E-state index contributed by atoms with van der Waals surface area (Å²) in [5.41, 5.74) is 7.09. The van der Waals surface area contributed by atoms with Gasteiger partial charge in [0.05, 0.1) is 22.8 Å². The Morgan fingerprint density at radius 3 is 1.88 bits per heavy atom. The average Bonchev–Trinajstić information content (AvgIpc) is 3.13. The van der Waals surface area contributed by atoms with Crippen molar-refractivity contribution >= 4 is 53.0 Å². The molecule has 1 heterocycles. The van der Waals surface area contributed by atoms with Gasteiger partial charge in [0.25, 0.3) is 0 Å². The van der Waals surface area contributed by atoms with E-state index in [1.807, 2.05) is 18.2 Å². The lowest BCUT2D eigenvalue weighted by Gasteiger charge is -2.28. The summed E-state index contributed by atoms with van der Waals surface area (Å²) in [7, 11) is 0. The van der Waals surface area contributed by atoms with Crippen molar-refractivity contribution in [1.29, 1.82) is 0 Å². The maximum Gasteiger partial charge on any atom is 0.439 e. The summed E-state index contributed by atoms with van der Waals surface area (Å²) in [6.45, 7) is 15.6. The monoisotopic (exact) mass is 705 g/mol. The molecule has 1 saturated carbocycles. The molecule has 0 saturated heterocycles. The van der Waals surface area contributed by atoms with Crippen LogP contribution in [0.5, 0.6) is 0 Å². The molecule has 14 nitrogen and oxygen atoms in total. The van der Waals surface area contributed by atoms with Gasteiger partial charge in [-0.25, -0.2) is 24.2 Å². The molecule has 0 atom stereocenters. The van der Waals surface area contributed by atoms with Crippen LogP contribution in [0.2, 0.25) is 0 Å². The smallest absolute Gasteiger partial charge is 0.439 e. The summed E-state index contributed by atoms with van der Waals surface area (Å²) in [6, 6.07) is 11.2. The quantitative estimate of drug-likeness (QED) is 0.163. The van der Waals surface area contributed by atoms with E-state index in [4.69, 9.17) is 25.0 Å². The first-order chi connectivity index (χ1) is 23.7. The van der Waals surface area contributed by atoms with Gasteiger partial charge in [-0.3, -0.25) is 15.5 Å². The molecule has 0 unspecified atom stereocenters. The molecule has 4 rings (SSSR count). The lowest BCUT2D eigenvalue weighted by Crippen LogP contribution is -2.47. The molecule has 4 N–H and O–H groups in total. The minimum absolute atomic E-state index is 0.00738. The predicted molar refractivity (Wildman–Crippen MR) is 195 cm³/mol. The summed E-state index contributed by atoms with van der Waals surface area (Å²) in [4.78, 5) is 59.2. The highest BCUT2D eigenvalue weighted by Crippen LogP contribution is 2.39. The molecule has 2 aliphatic rings. The third-order valence-corrected chi connectivity index (χ3v) is 7.57. The molecule has 5 amide bonds. The topological polar surface area (TPSA) is 177 Å². The number of hydrogen-bond donors (Lipinski definition) is 3. The minimum Gasteiger partial charge on any atom is -0.444 e. The van der Waals surface area contributed by atoms with Gasteiger partial charge in [-0.15, -0.1) is 5.01 Å². The Hall–Kier alpha value is -4.98. The highest BCUT2D eigenvalue weighted by molar-refractivity contribution is 6.17. The van der Waals surface area contributed by atoms with E-state index in [-0.39, 0.29) is 18.4 Å². The van der Waals surface area contributed by atoms with E-state index in [0.717, 1.165) is 42.7 Å². The molecule has 2 aromatic rings. The Morgan fingerprint density at radius 1 is 0.824 bits per heavy atom. The van der Waals surface area contributed by atoms with Gasteiger partial charge in [-0.2, -0.15) is 5.10 Å². The lowest BCUT2D eigenvalue weighted by atomic mass is 9.81. The van der Waals surface area contributed by atoms with Gasteiger partial charge in [-0.05, 0) is 111 Å². The predicted octanol–water partition coefficient (Wildman–Crippen LogP) is 7.98. The maximum atomic E-state index is 14.5. The van der Waals surface area contributed by atoms with E-state index in [2.05, 4.69) is 15.6 Å². The Morgan fingerprint density at radius 2 is 1.37 bits per heavy atom. The number of hydrazone groups is 1. The van der Waals surface area contributed by atoms with Crippen molar-refractivity contribution in [3.05, 3.63) is 53.6 Å². The Balaban J connectivity index is 1.79. The van der Waals surface area contributed by atoms with Crippen LogP contribution in [-0.4, -0.2) is 57.8 Å². The van der Waals surface area contributed by atoms with Gasteiger partial charge in [0.15, 0.2) is 0 Å². The normalized spacial score (nSPS) is 15.6. The molecule has 14 heteroatoms. The number of nitrogens with one attached hydrogen (secondary N) is 2. The molecule has 1 fully saturated rings. The first-order valence-electron chi connectivity index (χ1n) is 17.2. The highest BCUT2D eigenvalue weighted by Gasteiger charge is 2.39. The summed E-state index contributed by atoms with van der Waals surface area (Å²) in [5.74, 6) is -0.232. The number of ether oxygens (including phenoxy) is 3. The van der Waals surface area contributed by atoms with Gasteiger partial charge in [0.1, 0.15) is 16.8 Å². The fourth-order valence-corrected chi connectivity index (χ4v) is 5.67. The van der Waals surface area contributed by atoms with Crippen LogP contribution in [0.4, 0.5) is 36.2 Å². The minimum atomic E-state index is -0.903. The average molecular weight is 706 g/mol. The van der Waals surface area contributed by atoms with E-state index in [1.165, 1.54) is 4.90 Å². The van der Waals surface area contributed by atoms with Gasteiger partial charge in [-0.1, -0.05) is 31.4 Å². The molecule has 0 aromatic heterocycles. The number of aliphatic imine (C=N–C) groups is 1. The fraction of sp³-hybridized carbons (Fsp3) is 0.514. The number of hydrogen-bond acceptors (Lipinski definition) is 10. The summed E-state index contributed by atoms with van der Waals surface area (Å²) in [6.07, 6.45) is 2.24. The van der Waals surface area contributed by atoms with E-state index >= 15 is 0 Å². The van der Waals surface area contributed by atoms with Crippen molar-refractivity contribution < 1.29 is 33.4 Å². The van der Waals surface area contributed by atoms with E-state index < -0.39 is 41.1 Å². The first kappa shape index (κ1) is 38.8. The highest BCUT2D eigenvalue weighted by atomic mass is 16.6. The molecular formula is C37H51N7O7. The van der Waals surface area contributed by atoms with E-state index in [1.54, 1.807) is 86.6 Å². The Labute approximate surface area is 299 Å². The SMILES string of the molecule is CC(C)(C)OC(=O)NC(=Nc1ccc(N2C(=O)N(C(=O)OC(C)(C)C)N=C(C3CCCCC3)c3c(CN)cccc32)cc1)NC(=O)OC(C)(C)C. The molecule has 2 aromatic carbocycles. The number of carbonyl (C=O) groups excluding carboxylic acids is 4. The van der Waals surface area contributed by atoms with Crippen LogP contribution in [0.25, 0.3) is 0 Å². The van der Waals surface area contributed by atoms with Gasteiger partial charge in [0, 0.05) is 18.0 Å². The number of nitrogens with zero attached hydrogens (tertiary/aromatic N) is 4. The second-order valence-electron chi connectivity index (χ2n) is 15.5. The summed E-state index contributed by atoms with van der Waals surface area (Å²) >= 11 is 0. The van der Waals surface area contributed by atoms with Crippen LogP contribution in [0, 0.1) is 5.92 Å². The molecule has 276 valence electrons. The number of amides is 5. The summed E-state index contributed by atoms with van der Waals surface area (Å²) < 4.78 is 16.4. The van der Waals surface area contributed by atoms with Crippen LogP contribution >= 0.6 is 0 Å². The second kappa shape index (κ2) is 15.5. The van der Waals surface area contributed by atoms with Gasteiger partial charge >= 0.3 is 24.3 Å². The third kappa shape index (κ3) is 10.8. The van der Waals surface area contributed by atoms with Crippen molar-refractivity contribution in [3.63, 3.8) is 0 Å². The summed E-state index contributed by atoms with van der Waals surface area (Å²) in [5, 5.41) is 10.5. The van der Waals surface area contributed by atoms with Gasteiger partial charge in [0.2, 0.25) is 5.96 Å². The Kier molecular flexibility index (Phi) is 11.8. The zero-order chi connectivity index (χ0) is 37.7. The van der Waals surface area contributed by atoms with Crippen LogP contribution < -0.4 is 21.3 Å². The largest absolute Gasteiger partial charge is 0.444 e. The van der Waals surface area contributed by atoms with E-state index in [0.29, 0.717) is 28.3 Å². The zero-order valence-corrected chi connectivity index (χ0v) is 31.1. The standard InChI is InChI=1S/C37H51N7O7/c1-35(2,3)49-31(45)40-30(41-32(46)50-36(4,5)6)39-25-18-20-26(21-19-25)43-27-17-13-16-24(22-38)28(27)29(23-14-11-10-12-15-23)42-44(33(43)47)34(48)51-37(7,8)9/h13,16-21,23H,10-12,14-15,22,38H2,1-9H3,(H2,39,40,41,45,46). The van der Waals surface area contributed by atoms with Crippen LogP contribution in [-0.2, 0) is 20.8 Å². The number of rotatable bonds is 4. The third-order valence-electron chi connectivity index (χ3n) is 7.57. The molecule has 0 spiro atoms. The molecule has 1 aliphatic heterocycles. The second-order valence-corrected chi connectivity index (χ2v) is 15.5. The number of fused-ring (bicyclic) bond motifs is 1. The number of alkyl carbamates (subject to hydrolysis) is 2. The fourth-order valence-electron chi connectivity index (χ4n) is 5.67. The van der Waals surface area contributed by atoms with Crippen molar-refractivity contribution in [3.8, 4) is 0 Å². The molecular weight excluding hydrogens is 654 g/mol. The lowest BCUT2D eigenvalue weighted by molar-refractivity contribution is 0.0330. The number of urea groups is 1. The van der Waals surface area contributed by atoms with Crippen LogP contribution in [0.15, 0.2) is 52.6 Å². The van der Waals surface area contributed by atoms with E-state index in [9.17, 15) is 19.2 Å². The van der Waals surface area contributed by atoms with Crippen LogP contribution in [0.1, 0.15) is 106 Å². The number of anilines is 2. The number of benzene rings is 2. The van der Waals surface area contributed by atoms with Crippen molar-refractivity contribution in [2.75, 3.05) is 4.90 Å². The van der Waals surface area contributed by atoms with Crippen LogP contribution in [0.3, 0.4) is 0 Å². The molecule has 0 bridgehead atoms. The molecule has 51 heavy (non-hydrogen) atoms. The van der Waals surface area contributed by atoms with Gasteiger partial charge < -0.3 is 19.9 Å². The Bertz CT molecular complexity index is 1640. The molecule has 1 aliphatic carbocycles. The first-order valence-corrected chi connectivity index (χ1v) is 17.2. The van der Waals surface area contributed by atoms with Crippen molar-refractivity contribution in [2.45, 2.75) is 118 Å². The molecule has 0 radical (unpaired) electrons. The number of carbonyl (C=O) groups is 4. The number of nitrogens with two attached hydrogens (primary N) is 1. The van der Waals surface area contributed by atoms with Crippen molar-refractivity contribution in [1.82, 2.24) is 15.6 Å².